The Bertz CT molecular complexity index is 1750. The molecule has 1 aromatic carbocycles. The first-order valence-corrected chi connectivity index (χ1v) is 11.9. The highest BCUT2D eigenvalue weighted by atomic mass is 19.4. The summed E-state index contributed by atoms with van der Waals surface area (Å²) in [7, 11) is 0. The monoisotopic (exact) mass is 520 g/mol. The molecule has 0 spiro atoms. The second-order valence-electron chi connectivity index (χ2n) is 9.89. The van der Waals surface area contributed by atoms with Crippen LogP contribution >= 0.6 is 0 Å². The van der Waals surface area contributed by atoms with Crippen molar-refractivity contribution in [1.82, 2.24) is 34.0 Å². The van der Waals surface area contributed by atoms with Crippen LogP contribution in [-0.2, 0) is 12.8 Å². The number of imidazole rings is 1. The molecule has 2 fully saturated rings. The van der Waals surface area contributed by atoms with E-state index in [0.29, 0.717) is 57.1 Å². The van der Waals surface area contributed by atoms with E-state index in [9.17, 15) is 13.2 Å². The molecule has 0 amide bonds. The molecule has 0 unspecified atom stereocenters. The molecule has 2 N–H and O–H groups in total. The highest BCUT2D eigenvalue weighted by Crippen LogP contribution is 2.72. The zero-order valence-corrected chi connectivity index (χ0v) is 19.8. The minimum atomic E-state index is -4.58. The Hall–Kier alpha value is -4.48. The number of pyridine rings is 1. The fraction of sp³-hybridized carbons (Fsp3) is 0.231. The Morgan fingerprint density at radius 1 is 1.13 bits per heavy atom. The normalized spacial score (nSPS) is 20.1. The number of alkyl halides is 3. The maximum absolute atomic E-state index is 15.4. The molecular weight excluding hydrogens is 500 g/mol. The Labute approximate surface area is 213 Å². The van der Waals surface area contributed by atoms with Crippen LogP contribution in [0.3, 0.4) is 0 Å². The van der Waals surface area contributed by atoms with Gasteiger partial charge in [0.05, 0.1) is 42.0 Å². The second-order valence-corrected chi connectivity index (χ2v) is 9.89. The van der Waals surface area contributed by atoms with Crippen molar-refractivity contribution in [3.8, 4) is 11.1 Å². The van der Waals surface area contributed by atoms with E-state index >= 15 is 4.39 Å². The van der Waals surface area contributed by atoms with Crippen molar-refractivity contribution in [3.63, 3.8) is 0 Å². The summed E-state index contributed by atoms with van der Waals surface area (Å²) in [6.45, 7) is 4.65. The summed E-state index contributed by atoms with van der Waals surface area (Å²) >= 11 is 0. The number of fused-ring (bicyclic) bond motifs is 4. The minimum Gasteiger partial charge on any atom is -0.382 e. The van der Waals surface area contributed by atoms with Crippen LogP contribution in [0, 0.1) is 11.7 Å². The van der Waals surface area contributed by atoms with E-state index in [4.69, 9.17) is 5.73 Å². The Morgan fingerprint density at radius 2 is 1.92 bits per heavy atom. The van der Waals surface area contributed by atoms with E-state index in [0.717, 1.165) is 25.2 Å². The number of rotatable bonds is 6. The zero-order chi connectivity index (χ0) is 26.4. The highest BCUT2D eigenvalue weighted by molar-refractivity contribution is 5.86. The number of hydrogen-bond donors (Lipinski definition) is 1. The van der Waals surface area contributed by atoms with Gasteiger partial charge in [-0.1, -0.05) is 12.6 Å². The molecule has 8 nitrogen and oxygen atoms in total. The Morgan fingerprint density at radius 3 is 2.58 bits per heavy atom. The molecule has 5 aromatic rings. The van der Waals surface area contributed by atoms with Gasteiger partial charge < -0.3 is 10.6 Å². The van der Waals surface area contributed by atoms with Crippen LogP contribution in [-0.4, -0.2) is 39.6 Å². The summed E-state index contributed by atoms with van der Waals surface area (Å²) in [4.78, 5) is 15.1. The quantitative estimate of drug-likeness (QED) is 0.318. The number of nitrogen functional groups attached to an aromatic ring is 1. The molecular formula is C26H20F4N8. The van der Waals surface area contributed by atoms with Crippen molar-refractivity contribution in [2.45, 2.75) is 31.2 Å². The van der Waals surface area contributed by atoms with Crippen LogP contribution in [0.5, 0.6) is 0 Å². The van der Waals surface area contributed by atoms with Gasteiger partial charge in [0.25, 0.3) is 0 Å². The number of halogens is 4. The van der Waals surface area contributed by atoms with Gasteiger partial charge in [0.15, 0.2) is 0 Å². The predicted octanol–water partition coefficient (Wildman–Crippen LogP) is 4.97. The maximum Gasteiger partial charge on any atom is 0.504 e. The highest BCUT2D eigenvalue weighted by Gasteiger charge is 2.73. The minimum absolute atomic E-state index is 0.0407. The number of nitrogens with two attached hydrogens (primary N) is 1. The molecule has 0 aliphatic heterocycles. The average molecular weight is 520 g/mol. The molecule has 38 heavy (non-hydrogen) atoms. The van der Waals surface area contributed by atoms with Gasteiger partial charge in [-0.2, -0.15) is 9.78 Å². The van der Waals surface area contributed by atoms with Crippen molar-refractivity contribution >= 4 is 28.1 Å². The van der Waals surface area contributed by atoms with Crippen molar-refractivity contribution in [3.05, 3.63) is 79.0 Å². The van der Waals surface area contributed by atoms with E-state index in [-0.39, 0.29) is 16.0 Å². The lowest BCUT2D eigenvalue weighted by atomic mass is 10.1. The first-order chi connectivity index (χ1) is 18.1. The van der Waals surface area contributed by atoms with Crippen LogP contribution in [0.1, 0.15) is 24.1 Å². The Balaban J connectivity index is 1.20. The summed E-state index contributed by atoms with van der Waals surface area (Å²) in [6, 6.07) is 6.53. The van der Waals surface area contributed by atoms with Crippen LogP contribution in [0.2, 0.25) is 0 Å². The zero-order valence-electron chi connectivity index (χ0n) is 19.8. The van der Waals surface area contributed by atoms with Gasteiger partial charge in [0.2, 0.25) is 0 Å². The lowest BCUT2D eigenvalue weighted by molar-refractivity contribution is -0.212. The summed E-state index contributed by atoms with van der Waals surface area (Å²) in [5.74, 6) is 0.343. The van der Waals surface area contributed by atoms with Crippen LogP contribution in [0.4, 0.5) is 23.4 Å². The smallest absolute Gasteiger partial charge is 0.382 e. The topological polar surface area (TPSA) is 90.2 Å². The number of benzene rings is 1. The Kier molecular flexibility index (Phi) is 4.50. The first-order valence-electron chi connectivity index (χ1n) is 11.9. The summed E-state index contributed by atoms with van der Waals surface area (Å²) in [5.41, 5.74) is 10.0. The molecule has 0 atom stereocenters. The van der Waals surface area contributed by atoms with Crippen molar-refractivity contribution in [1.29, 1.82) is 0 Å². The van der Waals surface area contributed by atoms with Crippen LogP contribution < -0.4 is 5.73 Å². The predicted molar refractivity (Wildman–Crippen MR) is 132 cm³/mol. The molecule has 4 aromatic heterocycles. The molecule has 7 rings (SSSR count). The molecule has 0 saturated heterocycles. The fourth-order valence-corrected chi connectivity index (χ4v) is 5.16. The summed E-state index contributed by atoms with van der Waals surface area (Å²) < 4.78 is 55.8. The van der Waals surface area contributed by atoms with Gasteiger partial charge in [-0.3, -0.25) is 9.38 Å². The standard InChI is InChI=1S/C26H20F4N8/c1-14(19-4-22-21(5-20(19)27)35-24(31)23-10-32-13-36(22)23)37(25-6-17(25)7-25)12-18-3-2-15(8-33-18)16-9-34-38(11-16)26(28,29)30/h2-5,8-11,13,17H,1,6-7,12H2,(H2,31,35). The summed E-state index contributed by atoms with van der Waals surface area (Å²) in [6.07, 6.45) is 4.22. The molecule has 0 bridgehead atoms. The third-order valence-corrected chi connectivity index (χ3v) is 7.60. The lowest BCUT2D eigenvalue weighted by Crippen LogP contribution is -2.29. The van der Waals surface area contributed by atoms with Gasteiger partial charge in [-0.25, -0.2) is 14.4 Å². The third-order valence-electron chi connectivity index (χ3n) is 7.60. The molecule has 12 heteroatoms. The van der Waals surface area contributed by atoms with Crippen LogP contribution in [0.15, 0.2) is 62.0 Å². The molecule has 0 radical (unpaired) electrons. The van der Waals surface area contributed by atoms with E-state index in [1.165, 1.54) is 12.3 Å². The average Bonchev–Trinajstić information content (AvgIpc) is 3.52. The number of hydrogen-bond acceptors (Lipinski definition) is 6. The van der Waals surface area contributed by atoms with E-state index in [1.807, 2.05) is 0 Å². The van der Waals surface area contributed by atoms with Crippen molar-refractivity contribution < 1.29 is 17.6 Å². The van der Waals surface area contributed by atoms with Gasteiger partial charge >= 0.3 is 6.30 Å². The lowest BCUT2D eigenvalue weighted by Gasteiger charge is -2.30. The van der Waals surface area contributed by atoms with Gasteiger partial charge in [-0.05, 0) is 30.9 Å². The number of aromatic nitrogens is 6. The van der Waals surface area contributed by atoms with E-state index in [1.54, 1.807) is 35.1 Å². The SMILES string of the molecule is C=C(c1cc2c(cc1F)nc(N)c1cncn12)N(Cc1ccc(-c2cnn(C(F)(F)F)c2)cn1)C12CC1C2. The molecule has 192 valence electrons. The van der Waals surface area contributed by atoms with Crippen LogP contribution in [0.25, 0.3) is 33.4 Å². The fourth-order valence-electron chi connectivity index (χ4n) is 5.16. The van der Waals surface area contributed by atoms with Gasteiger partial charge in [0.1, 0.15) is 17.2 Å². The largest absolute Gasteiger partial charge is 0.504 e. The second kappa shape index (κ2) is 7.53. The number of nitrogens with zero attached hydrogens (tertiary/aromatic N) is 7. The third kappa shape index (κ3) is 3.43. The molecule has 4 heterocycles. The summed E-state index contributed by atoms with van der Waals surface area (Å²) in [5, 5.41) is 3.38. The van der Waals surface area contributed by atoms with Crippen molar-refractivity contribution in [2.75, 3.05) is 5.73 Å². The number of anilines is 1. The van der Waals surface area contributed by atoms with E-state index < -0.39 is 12.1 Å². The molecule has 2 aliphatic rings. The maximum atomic E-state index is 15.4. The first kappa shape index (κ1) is 22.7. The molecule has 2 saturated carbocycles. The van der Waals surface area contributed by atoms with E-state index in [2.05, 4.69) is 31.5 Å². The van der Waals surface area contributed by atoms with Gasteiger partial charge in [0, 0.05) is 46.4 Å². The van der Waals surface area contributed by atoms with Gasteiger partial charge in [-0.15, -0.1) is 13.2 Å². The molecule has 2 aliphatic carbocycles. The van der Waals surface area contributed by atoms with Crippen molar-refractivity contribution in [2.24, 2.45) is 5.92 Å².